The summed E-state index contributed by atoms with van der Waals surface area (Å²) in [6.07, 6.45) is 3.92. The van der Waals surface area contributed by atoms with E-state index in [-0.39, 0.29) is 17.3 Å². The first kappa shape index (κ1) is 23.4. The number of benzene rings is 4. The summed E-state index contributed by atoms with van der Waals surface area (Å²) < 4.78 is 5.40. The third-order valence-electron chi connectivity index (χ3n) is 8.51. The van der Waals surface area contributed by atoms with Gasteiger partial charge in [-0.1, -0.05) is 97.1 Å². The van der Waals surface area contributed by atoms with Gasteiger partial charge < -0.3 is 9.64 Å². The molecule has 0 radical (unpaired) electrons. The summed E-state index contributed by atoms with van der Waals surface area (Å²) in [5, 5.41) is 0. The lowest BCUT2D eigenvalue weighted by Crippen LogP contribution is -2.48. The van der Waals surface area contributed by atoms with Crippen LogP contribution in [0.2, 0.25) is 0 Å². The number of carbonyl (C=O) groups is 3. The Morgan fingerprint density at radius 2 is 1.38 bits per heavy atom. The quantitative estimate of drug-likeness (QED) is 0.248. The zero-order valence-corrected chi connectivity index (χ0v) is 21.3. The molecule has 3 aliphatic rings. The Bertz CT molecular complexity index is 1640. The molecule has 1 saturated heterocycles. The van der Waals surface area contributed by atoms with Crippen molar-refractivity contribution >= 4 is 29.1 Å². The fraction of sp³-hybridized carbons (Fsp3) is 0.147. The molecule has 1 fully saturated rings. The number of ketones is 3. The summed E-state index contributed by atoms with van der Waals surface area (Å²) in [6.45, 7) is 0. The van der Waals surface area contributed by atoms with Crippen molar-refractivity contribution in [1.82, 2.24) is 0 Å². The number of anilines is 1. The van der Waals surface area contributed by atoms with Crippen molar-refractivity contribution in [3.8, 4) is 5.75 Å². The van der Waals surface area contributed by atoms with Gasteiger partial charge in [0.25, 0.3) is 0 Å². The maximum atomic E-state index is 14.6. The minimum atomic E-state index is -1.50. The summed E-state index contributed by atoms with van der Waals surface area (Å²) in [5.41, 5.74) is 2.41. The first-order valence-corrected chi connectivity index (χ1v) is 13.0. The molecule has 2 heterocycles. The largest absolute Gasteiger partial charge is 0.497 e. The van der Waals surface area contributed by atoms with Crippen LogP contribution in [0.3, 0.4) is 0 Å². The van der Waals surface area contributed by atoms with Crippen LogP contribution >= 0.6 is 0 Å². The average Bonchev–Trinajstić information content (AvgIpc) is 3.43. The van der Waals surface area contributed by atoms with E-state index in [4.69, 9.17) is 4.74 Å². The van der Waals surface area contributed by atoms with E-state index in [9.17, 15) is 14.4 Å². The van der Waals surface area contributed by atoms with E-state index >= 15 is 0 Å². The molecule has 190 valence electrons. The highest BCUT2D eigenvalue weighted by Gasteiger charge is 2.71. The van der Waals surface area contributed by atoms with Gasteiger partial charge in [-0.2, -0.15) is 0 Å². The number of para-hydroxylation sites is 1. The van der Waals surface area contributed by atoms with E-state index in [2.05, 4.69) is 0 Å². The van der Waals surface area contributed by atoms with Gasteiger partial charge in [0.2, 0.25) is 0 Å². The molecule has 4 aromatic rings. The van der Waals surface area contributed by atoms with E-state index in [1.165, 1.54) is 0 Å². The van der Waals surface area contributed by atoms with E-state index in [1.54, 1.807) is 43.5 Å². The fourth-order valence-corrected chi connectivity index (χ4v) is 6.87. The highest BCUT2D eigenvalue weighted by atomic mass is 16.5. The molecule has 7 rings (SSSR count). The molecule has 3 atom stereocenters. The van der Waals surface area contributed by atoms with Gasteiger partial charge in [0.15, 0.2) is 17.3 Å². The summed E-state index contributed by atoms with van der Waals surface area (Å²) in [7, 11) is 1.59. The summed E-state index contributed by atoms with van der Waals surface area (Å²) in [4.78, 5) is 45.7. The molecule has 0 saturated carbocycles. The standard InChI is InChI=1S/C34H25NO4/c1-39-24-18-15-22(16-19-24)29-30(31(36)23-10-3-2-4-11-23)35-27-14-8-5-9-21(27)17-20-28(35)34(29)32(37)25-12-6-7-13-26(25)33(34)38/h2-20,28-30H,1H3/t28-,29+,30-/m1/s1. The number of Topliss-reactive ketones (excluding diaryl/α,β-unsaturated/α-hetero) is 3. The monoisotopic (exact) mass is 511 g/mol. The van der Waals surface area contributed by atoms with Crippen LogP contribution in [0.4, 0.5) is 5.69 Å². The predicted octanol–water partition coefficient (Wildman–Crippen LogP) is 6.01. The van der Waals surface area contributed by atoms with Crippen molar-refractivity contribution in [2.24, 2.45) is 5.41 Å². The van der Waals surface area contributed by atoms with Gasteiger partial charge in [-0.3, -0.25) is 14.4 Å². The molecular formula is C34H25NO4. The average molecular weight is 512 g/mol. The van der Waals surface area contributed by atoms with Gasteiger partial charge in [-0.15, -0.1) is 0 Å². The zero-order chi connectivity index (χ0) is 26.7. The van der Waals surface area contributed by atoms with E-state index in [0.29, 0.717) is 22.4 Å². The van der Waals surface area contributed by atoms with Gasteiger partial charge in [-0.25, -0.2) is 0 Å². The smallest absolute Gasteiger partial charge is 0.185 e. The van der Waals surface area contributed by atoms with Crippen LogP contribution in [-0.4, -0.2) is 36.5 Å². The van der Waals surface area contributed by atoms with Crippen molar-refractivity contribution in [1.29, 1.82) is 0 Å². The Kier molecular flexibility index (Phi) is 5.17. The number of fused-ring (bicyclic) bond motifs is 5. The maximum absolute atomic E-state index is 14.6. The van der Waals surface area contributed by atoms with Crippen molar-refractivity contribution < 1.29 is 19.1 Å². The molecule has 5 heteroatoms. The zero-order valence-electron chi connectivity index (χ0n) is 21.3. The van der Waals surface area contributed by atoms with E-state index < -0.39 is 23.4 Å². The molecule has 5 nitrogen and oxygen atoms in total. The third-order valence-corrected chi connectivity index (χ3v) is 8.51. The number of hydrogen-bond acceptors (Lipinski definition) is 5. The SMILES string of the molecule is COc1ccc([C@H]2[C@H](C(=O)c3ccccc3)N3c4ccccc4C=C[C@@H]3C23C(=O)c2ccccc2C3=O)cc1. The van der Waals surface area contributed by atoms with Crippen molar-refractivity contribution in [3.63, 3.8) is 0 Å². The molecule has 2 aliphatic heterocycles. The summed E-state index contributed by atoms with van der Waals surface area (Å²) in [5.74, 6) is -0.658. The minimum absolute atomic E-state index is 0.125. The van der Waals surface area contributed by atoms with Crippen molar-refractivity contribution in [2.75, 3.05) is 12.0 Å². The Labute approximate surface area is 226 Å². The molecule has 1 spiro atoms. The Hall–Kier alpha value is -4.77. The number of rotatable bonds is 4. The van der Waals surface area contributed by atoms with Crippen LogP contribution < -0.4 is 9.64 Å². The number of methoxy groups -OCH3 is 1. The Balaban J connectivity index is 1.54. The first-order chi connectivity index (χ1) is 19.1. The van der Waals surface area contributed by atoms with Crippen LogP contribution in [0, 0.1) is 5.41 Å². The van der Waals surface area contributed by atoms with Crippen molar-refractivity contribution in [3.05, 3.63) is 137 Å². The molecule has 0 unspecified atom stereocenters. The molecule has 0 bridgehead atoms. The molecular weight excluding hydrogens is 486 g/mol. The van der Waals surface area contributed by atoms with Gasteiger partial charge >= 0.3 is 0 Å². The molecule has 4 aromatic carbocycles. The fourth-order valence-electron chi connectivity index (χ4n) is 6.87. The highest BCUT2D eigenvalue weighted by molar-refractivity contribution is 6.32. The third kappa shape index (κ3) is 3.10. The van der Waals surface area contributed by atoms with Gasteiger partial charge in [0, 0.05) is 28.3 Å². The van der Waals surface area contributed by atoms with Crippen LogP contribution in [0.5, 0.6) is 5.75 Å². The first-order valence-electron chi connectivity index (χ1n) is 13.0. The molecule has 0 aromatic heterocycles. The van der Waals surface area contributed by atoms with Crippen molar-refractivity contribution in [2.45, 2.75) is 18.0 Å². The molecule has 0 N–H and O–H groups in total. The summed E-state index contributed by atoms with van der Waals surface area (Å²) in [6, 6.07) is 30.0. The number of nitrogens with zero attached hydrogens (tertiary/aromatic N) is 1. The van der Waals surface area contributed by atoms with Crippen LogP contribution in [0.15, 0.2) is 109 Å². The maximum Gasteiger partial charge on any atom is 0.185 e. The second-order valence-electron chi connectivity index (χ2n) is 10.3. The second kappa shape index (κ2) is 8.63. The van der Waals surface area contributed by atoms with Gasteiger partial charge in [0.1, 0.15) is 17.2 Å². The minimum Gasteiger partial charge on any atom is -0.497 e. The highest BCUT2D eigenvalue weighted by Crippen LogP contribution is 2.61. The van der Waals surface area contributed by atoms with Crippen LogP contribution in [0.25, 0.3) is 6.08 Å². The predicted molar refractivity (Wildman–Crippen MR) is 150 cm³/mol. The lowest BCUT2D eigenvalue weighted by atomic mass is 9.64. The molecule has 1 aliphatic carbocycles. The number of hydrogen-bond donors (Lipinski definition) is 0. The van der Waals surface area contributed by atoms with E-state index in [1.807, 2.05) is 83.8 Å². The van der Waals surface area contributed by atoms with Gasteiger partial charge in [-0.05, 0) is 29.3 Å². The topological polar surface area (TPSA) is 63.7 Å². The van der Waals surface area contributed by atoms with E-state index in [0.717, 1.165) is 16.8 Å². The molecule has 39 heavy (non-hydrogen) atoms. The number of carbonyl (C=O) groups excluding carboxylic acids is 3. The molecule has 0 amide bonds. The lowest BCUT2D eigenvalue weighted by molar-refractivity contribution is 0.0666. The Morgan fingerprint density at radius 3 is 2.05 bits per heavy atom. The Morgan fingerprint density at radius 1 is 0.769 bits per heavy atom. The normalized spacial score (nSPS) is 22.0. The summed E-state index contributed by atoms with van der Waals surface area (Å²) >= 11 is 0. The second-order valence-corrected chi connectivity index (χ2v) is 10.3. The van der Waals surface area contributed by atoms with Gasteiger partial charge in [0.05, 0.1) is 13.2 Å². The van der Waals surface area contributed by atoms with Crippen LogP contribution in [-0.2, 0) is 0 Å². The number of ether oxygens (including phenoxy) is 1. The van der Waals surface area contributed by atoms with Crippen LogP contribution in [0.1, 0.15) is 48.1 Å². The lowest BCUT2D eigenvalue weighted by Gasteiger charge is -2.37.